The molecule has 0 aliphatic carbocycles. The SMILES string of the molecule is O=C(COC(=O)[C@H]1CC(=O)N(c2cccc(Cl)c2Cl)C1)Nc1ccc(Cl)c(Cl)c1. The summed E-state index contributed by atoms with van der Waals surface area (Å²) in [6.07, 6.45) is -0.0455. The molecule has 1 fully saturated rings. The molecule has 1 N–H and O–H groups in total. The molecule has 1 aliphatic rings. The lowest BCUT2D eigenvalue weighted by molar-refractivity contribution is -0.151. The smallest absolute Gasteiger partial charge is 0.311 e. The maximum atomic E-state index is 12.3. The van der Waals surface area contributed by atoms with Crippen LogP contribution in [0.25, 0.3) is 0 Å². The molecule has 2 aromatic rings. The summed E-state index contributed by atoms with van der Waals surface area (Å²) in [6, 6.07) is 9.49. The Morgan fingerprint density at radius 3 is 2.55 bits per heavy atom. The minimum Gasteiger partial charge on any atom is -0.455 e. The van der Waals surface area contributed by atoms with E-state index in [1.165, 1.54) is 17.0 Å². The molecule has 1 atom stereocenters. The Labute approximate surface area is 186 Å². The molecule has 3 rings (SSSR count). The van der Waals surface area contributed by atoms with E-state index in [-0.39, 0.29) is 28.9 Å². The van der Waals surface area contributed by atoms with Crippen molar-refractivity contribution in [3.63, 3.8) is 0 Å². The highest BCUT2D eigenvalue weighted by molar-refractivity contribution is 6.44. The van der Waals surface area contributed by atoms with E-state index >= 15 is 0 Å². The van der Waals surface area contributed by atoms with Crippen LogP contribution in [0, 0.1) is 5.92 Å². The van der Waals surface area contributed by atoms with Crippen molar-refractivity contribution in [3.8, 4) is 0 Å². The Morgan fingerprint density at radius 2 is 1.83 bits per heavy atom. The molecule has 6 nitrogen and oxygen atoms in total. The second-order valence-corrected chi connectivity index (χ2v) is 7.86. The first kappa shape index (κ1) is 21.7. The first-order valence-electron chi connectivity index (χ1n) is 8.42. The van der Waals surface area contributed by atoms with Gasteiger partial charge in [-0.05, 0) is 30.3 Å². The van der Waals surface area contributed by atoms with Crippen molar-refractivity contribution in [2.45, 2.75) is 6.42 Å². The standard InChI is InChI=1S/C19H14Cl4N2O4/c20-12-5-4-11(7-14(12)22)24-16(26)9-29-19(28)10-6-17(27)25(8-10)15-3-1-2-13(21)18(15)23/h1-5,7,10H,6,8-9H2,(H,24,26)/t10-/m0/s1. The number of carbonyl (C=O) groups is 3. The number of benzene rings is 2. The molecular formula is C19H14Cl4N2O4. The second-order valence-electron chi connectivity index (χ2n) is 6.26. The summed E-state index contributed by atoms with van der Waals surface area (Å²) in [5.41, 5.74) is 0.843. The number of carbonyl (C=O) groups excluding carboxylic acids is 3. The minimum absolute atomic E-state index is 0.0455. The van der Waals surface area contributed by atoms with Gasteiger partial charge in [0.1, 0.15) is 0 Å². The van der Waals surface area contributed by atoms with Crippen LogP contribution < -0.4 is 10.2 Å². The molecule has 0 unspecified atom stereocenters. The summed E-state index contributed by atoms with van der Waals surface area (Å²) in [5, 5.41) is 3.72. The van der Waals surface area contributed by atoms with Crippen molar-refractivity contribution in [3.05, 3.63) is 56.5 Å². The zero-order chi connectivity index (χ0) is 21.1. The van der Waals surface area contributed by atoms with Crippen LogP contribution in [0.1, 0.15) is 6.42 Å². The average molecular weight is 476 g/mol. The predicted molar refractivity (Wildman–Crippen MR) is 113 cm³/mol. The number of ether oxygens (including phenoxy) is 1. The van der Waals surface area contributed by atoms with E-state index < -0.39 is 24.4 Å². The van der Waals surface area contributed by atoms with Crippen molar-refractivity contribution >= 4 is 75.6 Å². The monoisotopic (exact) mass is 474 g/mol. The number of rotatable bonds is 5. The maximum absolute atomic E-state index is 12.3. The van der Waals surface area contributed by atoms with Crippen LogP contribution in [0.3, 0.4) is 0 Å². The number of anilines is 2. The number of amides is 2. The van der Waals surface area contributed by atoms with E-state index in [2.05, 4.69) is 5.32 Å². The van der Waals surface area contributed by atoms with Gasteiger partial charge in [-0.15, -0.1) is 0 Å². The quantitative estimate of drug-likeness (QED) is 0.628. The predicted octanol–water partition coefficient (Wildman–Crippen LogP) is 4.84. The Morgan fingerprint density at radius 1 is 1.07 bits per heavy atom. The fraction of sp³-hybridized carbons (Fsp3) is 0.211. The normalized spacial score (nSPS) is 16.1. The van der Waals surface area contributed by atoms with Crippen molar-refractivity contribution in [1.82, 2.24) is 0 Å². The first-order chi connectivity index (χ1) is 13.8. The van der Waals surface area contributed by atoms with E-state index in [9.17, 15) is 14.4 Å². The Hall–Kier alpha value is -1.99. The lowest BCUT2D eigenvalue weighted by Crippen LogP contribution is -2.28. The minimum atomic E-state index is -0.713. The summed E-state index contributed by atoms with van der Waals surface area (Å²) in [6.45, 7) is -0.409. The van der Waals surface area contributed by atoms with Gasteiger partial charge in [-0.1, -0.05) is 52.5 Å². The molecule has 1 saturated heterocycles. The van der Waals surface area contributed by atoms with Crippen molar-refractivity contribution in [2.75, 3.05) is 23.4 Å². The van der Waals surface area contributed by atoms with Crippen molar-refractivity contribution in [1.29, 1.82) is 0 Å². The van der Waals surface area contributed by atoms with Gasteiger partial charge < -0.3 is 15.0 Å². The lowest BCUT2D eigenvalue weighted by atomic mass is 10.1. The highest BCUT2D eigenvalue weighted by Crippen LogP contribution is 2.35. The van der Waals surface area contributed by atoms with Crippen molar-refractivity contribution in [2.24, 2.45) is 5.92 Å². The van der Waals surface area contributed by atoms with Crippen LogP contribution in [0.15, 0.2) is 36.4 Å². The molecule has 0 radical (unpaired) electrons. The maximum Gasteiger partial charge on any atom is 0.311 e. The molecule has 0 aromatic heterocycles. The number of esters is 1. The number of nitrogens with zero attached hydrogens (tertiary/aromatic N) is 1. The van der Waals surface area contributed by atoms with Crippen LogP contribution in [0.4, 0.5) is 11.4 Å². The molecule has 2 amide bonds. The lowest BCUT2D eigenvalue weighted by Gasteiger charge is -2.18. The molecule has 0 bridgehead atoms. The Kier molecular flexibility index (Phi) is 6.90. The third-order valence-electron chi connectivity index (χ3n) is 4.23. The van der Waals surface area contributed by atoms with Crippen LogP contribution in [-0.2, 0) is 19.1 Å². The number of hydrogen-bond acceptors (Lipinski definition) is 4. The van der Waals surface area contributed by atoms with Gasteiger partial charge >= 0.3 is 5.97 Å². The Bertz CT molecular complexity index is 983. The van der Waals surface area contributed by atoms with Gasteiger partial charge in [0.15, 0.2) is 6.61 Å². The molecule has 2 aromatic carbocycles. The molecule has 152 valence electrons. The van der Waals surface area contributed by atoms with Gasteiger partial charge in [0, 0.05) is 18.7 Å². The Balaban J connectivity index is 1.56. The third kappa shape index (κ3) is 5.14. The van der Waals surface area contributed by atoms with Crippen LogP contribution in [0.2, 0.25) is 20.1 Å². The van der Waals surface area contributed by atoms with Gasteiger partial charge in [0.05, 0.1) is 31.7 Å². The highest BCUT2D eigenvalue weighted by Gasteiger charge is 2.37. The zero-order valence-electron chi connectivity index (χ0n) is 14.8. The van der Waals surface area contributed by atoms with E-state index in [1.54, 1.807) is 24.3 Å². The molecule has 29 heavy (non-hydrogen) atoms. The fourth-order valence-electron chi connectivity index (χ4n) is 2.82. The molecule has 1 heterocycles. The zero-order valence-corrected chi connectivity index (χ0v) is 17.8. The highest BCUT2D eigenvalue weighted by atomic mass is 35.5. The van der Waals surface area contributed by atoms with Gasteiger partial charge in [-0.2, -0.15) is 0 Å². The fourth-order valence-corrected chi connectivity index (χ4v) is 3.52. The summed E-state index contributed by atoms with van der Waals surface area (Å²) >= 11 is 23.8. The third-order valence-corrected chi connectivity index (χ3v) is 5.78. The number of hydrogen-bond donors (Lipinski definition) is 1. The molecule has 1 aliphatic heterocycles. The van der Waals surface area contributed by atoms with E-state index in [4.69, 9.17) is 51.1 Å². The van der Waals surface area contributed by atoms with Crippen LogP contribution in [-0.4, -0.2) is 30.9 Å². The summed E-state index contributed by atoms with van der Waals surface area (Å²) in [5.74, 6) is -2.19. The van der Waals surface area contributed by atoms with Crippen LogP contribution in [0.5, 0.6) is 0 Å². The second kappa shape index (κ2) is 9.22. The molecule has 0 saturated carbocycles. The number of nitrogens with one attached hydrogen (secondary N) is 1. The summed E-state index contributed by atoms with van der Waals surface area (Å²) in [7, 11) is 0. The summed E-state index contributed by atoms with van der Waals surface area (Å²) < 4.78 is 5.05. The number of halogens is 4. The van der Waals surface area contributed by atoms with Gasteiger partial charge in [0.2, 0.25) is 5.91 Å². The first-order valence-corrected chi connectivity index (χ1v) is 9.93. The average Bonchev–Trinajstić information content (AvgIpc) is 3.06. The summed E-state index contributed by atoms with van der Waals surface area (Å²) in [4.78, 5) is 38.0. The molecule has 10 heteroatoms. The van der Waals surface area contributed by atoms with Gasteiger partial charge in [0.25, 0.3) is 5.91 Å². The molecule has 0 spiro atoms. The van der Waals surface area contributed by atoms with Gasteiger partial charge in [-0.3, -0.25) is 14.4 Å². The van der Waals surface area contributed by atoms with E-state index in [0.29, 0.717) is 21.4 Å². The van der Waals surface area contributed by atoms with Crippen LogP contribution >= 0.6 is 46.4 Å². The van der Waals surface area contributed by atoms with Crippen molar-refractivity contribution < 1.29 is 19.1 Å². The topological polar surface area (TPSA) is 75.7 Å². The molecular weight excluding hydrogens is 462 g/mol. The van der Waals surface area contributed by atoms with E-state index in [0.717, 1.165) is 0 Å². The largest absolute Gasteiger partial charge is 0.455 e. The van der Waals surface area contributed by atoms with E-state index in [1.807, 2.05) is 0 Å². The van der Waals surface area contributed by atoms with Gasteiger partial charge in [-0.25, -0.2) is 0 Å².